The zero-order valence-corrected chi connectivity index (χ0v) is 11.6. The summed E-state index contributed by atoms with van der Waals surface area (Å²) < 4.78 is 13.1. The summed E-state index contributed by atoms with van der Waals surface area (Å²) in [7, 11) is 0. The second-order valence-corrected chi connectivity index (χ2v) is 4.52. The van der Waals surface area contributed by atoms with Gasteiger partial charge in [0.2, 0.25) is 0 Å². The van der Waals surface area contributed by atoms with Crippen LogP contribution in [0.25, 0.3) is 0 Å². The van der Waals surface area contributed by atoms with E-state index < -0.39 is 11.7 Å². The molecule has 0 spiro atoms. The van der Waals surface area contributed by atoms with Gasteiger partial charge < -0.3 is 10.4 Å². The van der Waals surface area contributed by atoms with Crippen molar-refractivity contribution in [3.63, 3.8) is 0 Å². The Morgan fingerprint density at radius 3 is 2.62 bits per heavy atom. The van der Waals surface area contributed by atoms with Crippen LogP contribution in [0.4, 0.5) is 10.1 Å². The molecule has 1 amide bonds. The van der Waals surface area contributed by atoms with Crippen molar-refractivity contribution in [2.75, 3.05) is 11.9 Å². The van der Waals surface area contributed by atoms with Gasteiger partial charge in [-0.3, -0.25) is 4.79 Å². The third-order valence-corrected chi connectivity index (χ3v) is 2.97. The molecule has 0 saturated heterocycles. The maximum atomic E-state index is 13.1. The van der Waals surface area contributed by atoms with Gasteiger partial charge in [0, 0.05) is 11.1 Å². The van der Waals surface area contributed by atoms with Crippen LogP contribution in [0, 0.1) is 17.7 Å². The highest BCUT2D eigenvalue weighted by Gasteiger charge is 2.09. The van der Waals surface area contributed by atoms with Crippen LogP contribution in [-0.4, -0.2) is 17.6 Å². The van der Waals surface area contributed by atoms with Gasteiger partial charge in [-0.2, -0.15) is 0 Å². The standard InChI is InChI=1S/C16H11ClFNO2/c17-14-8-7-13(18)10-15(14)19-16(21)12-5-3-11(4-6-12)2-1-9-20/h3-8,10,20H,9H2,(H,19,21). The second-order valence-electron chi connectivity index (χ2n) is 4.12. The SMILES string of the molecule is O=C(Nc1cc(F)ccc1Cl)c1ccc(C#CCO)cc1. The molecular weight excluding hydrogens is 293 g/mol. The molecule has 0 fully saturated rings. The average Bonchev–Trinajstić information content (AvgIpc) is 2.49. The third-order valence-electron chi connectivity index (χ3n) is 2.64. The fourth-order valence-corrected chi connectivity index (χ4v) is 1.80. The molecule has 0 aliphatic carbocycles. The summed E-state index contributed by atoms with van der Waals surface area (Å²) in [6, 6.07) is 10.2. The molecule has 3 nitrogen and oxygen atoms in total. The first kappa shape index (κ1) is 15.0. The van der Waals surface area contributed by atoms with Crippen LogP contribution in [0.3, 0.4) is 0 Å². The van der Waals surface area contributed by atoms with E-state index in [2.05, 4.69) is 17.2 Å². The summed E-state index contributed by atoms with van der Waals surface area (Å²) in [5, 5.41) is 11.4. The normalized spacial score (nSPS) is 9.67. The van der Waals surface area contributed by atoms with E-state index in [4.69, 9.17) is 16.7 Å². The highest BCUT2D eigenvalue weighted by Crippen LogP contribution is 2.23. The van der Waals surface area contributed by atoms with Crippen LogP contribution >= 0.6 is 11.6 Å². The maximum absolute atomic E-state index is 13.1. The van der Waals surface area contributed by atoms with Crippen molar-refractivity contribution in [3.8, 4) is 11.8 Å². The van der Waals surface area contributed by atoms with E-state index in [1.165, 1.54) is 12.1 Å². The molecule has 0 bridgehead atoms. The molecule has 106 valence electrons. The number of amides is 1. The number of aliphatic hydroxyl groups excluding tert-OH is 1. The molecule has 2 aromatic rings. The average molecular weight is 304 g/mol. The van der Waals surface area contributed by atoms with Crippen molar-refractivity contribution < 1.29 is 14.3 Å². The molecule has 0 unspecified atom stereocenters. The summed E-state index contributed by atoms with van der Waals surface area (Å²) in [6.07, 6.45) is 0. The number of halogens is 2. The lowest BCUT2D eigenvalue weighted by Gasteiger charge is -2.07. The molecule has 0 saturated carbocycles. The van der Waals surface area contributed by atoms with Gasteiger partial charge in [0.1, 0.15) is 12.4 Å². The number of hydrogen-bond acceptors (Lipinski definition) is 2. The van der Waals surface area contributed by atoms with Crippen LogP contribution in [0.1, 0.15) is 15.9 Å². The lowest BCUT2D eigenvalue weighted by molar-refractivity contribution is 0.102. The predicted octanol–water partition coefficient (Wildman–Crippen LogP) is 3.08. The number of carbonyl (C=O) groups excluding carboxylic acids is 1. The fourth-order valence-electron chi connectivity index (χ4n) is 1.63. The molecular formula is C16H11ClFNO2. The lowest BCUT2D eigenvalue weighted by atomic mass is 10.1. The Hall–Kier alpha value is -2.35. The van der Waals surface area contributed by atoms with Crippen LogP contribution in [0.15, 0.2) is 42.5 Å². The minimum Gasteiger partial charge on any atom is -0.384 e. The summed E-state index contributed by atoms with van der Waals surface area (Å²) in [6.45, 7) is -0.222. The molecule has 0 aromatic heterocycles. The molecule has 0 atom stereocenters. The number of rotatable bonds is 2. The van der Waals surface area contributed by atoms with E-state index in [0.717, 1.165) is 6.07 Å². The second kappa shape index (κ2) is 6.89. The van der Waals surface area contributed by atoms with E-state index in [1.807, 2.05) is 0 Å². The molecule has 0 radical (unpaired) electrons. The molecule has 2 rings (SSSR count). The van der Waals surface area contributed by atoms with Crippen molar-refractivity contribution in [3.05, 3.63) is 64.4 Å². The highest BCUT2D eigenvalue weighted by atomic mass is 35.5. The van der Waals surface area contributed by atoms with Crippen molar-refractivity contribution >= 4 is 23.2 Å². The van der Waals surface area contributed by atoms with Crippen LogP contribution in [0.2, 0.25) is 5.02 Å². The molecule has 5 heteroatoms. The quantitative estimate of drug-likeness (QED) is 0.838. The van der Waals surface area contributed by atoms with Crippen molar-refractivity contribution in [1.29, 1.82) is 0 Å². The van der Waals surface area contributed by atoms with Crippen LogP contribution < -0.4 is 5.32 Å². The van der Waals surface area contributed by atoms with E-state index in [-0.39, 0.29) is 17.3 Å². The van der Waals surface area contributed by atoms with Gasteiger partial charge in [0.05, 0.1) is 10.7 Å². The molecule has 21 heavy (non-hydrogen) atoms. The Labute approximate surface area is 126 Å². The largest absolute Gasteiger partial charge is 0.384 e. The van der Waals surface area contributed by atoms with Gasteiger partial charge in [-0.1, -0.05) is 23.4 Å². The summed E-state index contributed by atoms with van der Waals surface area (Å²) in [5.41, 5.74) is 1.29. The minimum absolute atomic E-state index is 0.214. The Kier molecular flexibility index (Phi) is 4.94. The first-order chi connectivity index (χ1) is 10.1. The van der Waals surface area contributed by atoms with E-state index in [9.17, 15) is 9.18 Å². The number of anilines is 1. The van der Waals surface area contributed by atoms with Gasteiger partial charge >= 0.3 is 0 Å². The van der Waals surface area contributed by atoms with Crippen LogP contribution in [0.5, 0.6) is 0 Å². The Bertz CT molecular complexity index is 717. The first-order valence-electron chi connectivity index (χ1n) is 6.06. The van der Waals surface area contributed by atoms with Gasteiger partial charge in [0.25, 0.3) is 5.91 Å². The number of aliphatic hydroxyl groups is 1. The zero-order valence-electron chi connectivity index (χ0n) is 10.9. The van der Waals surface area contributed by atoms with E-state index >= 15 is 0 Å². The lowest BCUT2D eigenvalue weighted by Crippen LogP contribution is -2.12. The minimum atomic E-state index is -0.482. The Morgan fingerprint density at radius 2 is 1.95 bits per heavy atom. The zero-order chi connectivity index (χ0) is 15.2. The van der Waals surface area contributed by atoms with Crippen molar-refractivity contribution in [2.24, 2.45) is 0 Å². The van der Waals surface area contributed by atoms with Gasteiger partial charge in [-0.25, -0.2) is 4.39 Å². The van der Waals surface area contributed by atoms with Crippen molar-refractivity contribution in [1.82, 2.24) is 0 Å². The molecule has 0 aliphatic heterocycles. The van der Waals surface area contributed by atoms with E-state index in [1.54, 1.807) is 24.3 Å². The first-order valence-corrected chi connectivity index (χ1v) is 6.44. The summed E-state index contributed by atoms with van der Waals surface area (Å²) >= 11 is 5.89. The van der Waals surface area contributed by atoms with Gasteiger partial charge in [-0.15, -0.1) is 0 Å². The Balaban J connectivity index is 2.15. The van der Waals surface area contributed by atoms with E-state index in [0.29, 0.717) is 11.1 Å². The predicted molar refractivity (Wildman–Crippen MR) is 79.8 cm³/mol. The number of nitrogens with one attached hydrogen (secondary N) is 1. The topological polar surface area (TPSA) is 49.3 Å². The fraction of sp³-hybridized carbons (Fsp3) is 0.0625. The van der Waals surface area contributed by atoms with Gasteiger partial charge in [0.15, 0.2) is 0 Å². The van der Waals surface area contributed by atoms with Gasteiger partial charge in [-0.05, 0) is 42.5 Å². The number of carbonyl (C=O) groups is 1. The Morgan fingerprint density at radius 1 is 1.24 bits per heavy atom. The molecule has 2 aromatic carbocycles. The van der Waals surface area contributed by atoms with Crippen molar-refractivity contribution in [2.45, 2.75) is 0 Å². The number of hydrogen-bond donors (Lipinski definition) is 2. The third kappa shape index (κ3) is 4.06. The monoisotopic (exact) mass is 303 g/mol. The molecule has 0 heterocycles. The molecule has 2 N–H and O–H groups in total. The molecule has 0 aliphatic rings. The highest BCUT2D eigenvalue weighted by molar-refractivity contribution is 6.33. The summed E-state index contributed by atoms with van der Waals surface area (Å²) in [5.74, 6) is 4.36. The smallest absolute Gasteiger partial charge is 0.255 e. The van der Waals surface area contributed by atoms with Crippen LogP contribution in [-0.2, 0) is 0 Å². The summed E-state index contributed by atoms with van der Waals surface area (Å²) in [4.78, 5) is 12.0. The number of benzene rings is 2. The maximum Gasteiger partial charge on any atom is 0.255 e.